The number of nitrogens with zero attached hydrogens (tertiary/aromatic N) is 2. The van der Waals surface area contributed by atoms with Crippen molar-refractivity contribution in [3.63, 3.8) is 0 Å². The molecule has 1 aliphatic carbocycles. The minimum absolute atomic E-state index is 0.224. The van der Waals surface area contributed by atoms with E-state index in [-0.39, 0.29) is 16.9 Å². The van der Waals surface area contributed by atoms with Crippen LogP contribution < -0.4 is 0 Å². The predicted octanol–water partition coefficient (Wildman–Crippen LogP) is 0.600. The monoisotopic (exact) mass is 246 g/mol. The molecule has 0 amide bonds. The van der Waals surface area contributed by atoms with Crippen molar-refractivity contribution in [1.82, 2.24) is 0 Å². The van der Waals surface area contributed by atoms with Crippen LogP contribution in [0.15, 0.2) is 35.1 Å². The number of hydrogen-bond acceptors (Lipinski definition) is 8. The minimum Gasteiger partial charge on any atom is -0.335 e. The number of hydrogen-bond donors (Lipinski definition) is 1. The van der Waals surface area contributed by atoms with E-state index in [1.165, 1.54) is 0 Å². The van der Waals surface area contributed by atoms with E-state index in [0.717, 1.165) is 7.11 Å². The topological polar surface area (TPSA) is 134 Å². The Morgan fingerprint density at radius 3 is 1.94 bits per heavy atom. The van der Waals surface area contributed by atoms with Crippen molar-refractivity contribution in [3.05, 3.63) is 55.3 Å². The Morgan fingerprint density at radius 2 is 1.59 bits per heavy atom. The third-order valence-electron chi connectivity index (χ3n) is 1.71. The molecule has 0 heterocycles. The van der Waals surface area contributed by atoms with Gasteiger partial charge >= 0.3 is 0 Å². The average molecular weight is 246 g/mol. The lowest BCUT2D eigenvalue weighted by Crippen LogP contribution is -2.19. The van der Waals surface area contributed by atoms with Crippen molar-refractivity contribution in [1.29, 1.82) is 0 Å². The van der Waals surface area contributed by atoms with Crippen LogP contribution in [-0.4, -0.2) is 22.2 Å². The van der Waals surface area contributed by atoms with Gasteiger partial charge in [-0.15, -0.1) is 0 Å². The molecule has 0 saturated carbocycles. The lowest BCUT2D eigenvalue weighted by molar-refractivity contribution is -0.407. The highest BCUT2D eigenvalue weighted by Gasteiger charge is 2.40. The minimum atomic E-state index is -0.855. The summed E-state index contributed by atoms with van der Waals surface area (Å²) >= 11 is 0. The summed E-state index contributed by atoms with van der Waals surface area (Å²) in [6.45, 7) is 0. The Hall–Kier alpha value is -2.46. The standard InChI is InChI=1S/C7H6N2O8/c1-15-17-7-5(3-9(12)13)4(2-8(10)11)6(7)16-14/h2-3,14H,1H3/b4-2+,5-3-. The van der Waals surface area contributed by atoms with Gasteiger partial charge in [-0.2, -0.15) is 4.89 Å². The Bertz CT molecular complexity index is 449. The summed E-state index contributed by atoms with van der Waals surface area (Å²) in [5.74, 6) is -0.726. The van der Waals surface area contributed by atoms with Gasteiger partial charge in [-0.05, 0) is 0 Å². The van der Waals surface area contributed by atoms with E-state index in [1.54, 1.807) is 0 Å². The van der Waals surface area contributed by atoms with Crippen molar-refractivity contribution in [3.8, 4) is 0 Å². The second kappa shape index (κ2) is 5.05. The second-order valence-corrected chi connectivity index (χ2v) is 2.66. The average Bonchev–Trinajstić information content (AvgIpc) is 2.24. The summed E-state index contributed by atoms with van der Waals surface area (Å²) < 4.78 is 0. The van der Waals surface area contributed by atoms with Gasteiger partial charge in [0.05, 0.1) is 17.0 Å². The summed E-state index contributed by atoms with van der Waals surface area (Å²) in [7, 11) is 1.11. The van der Waals surface area contributed by atoms with Gasteiger partial charge in [0.25, 0.3) is 0 Å². The first-order valence-electron chi connectivity index (χ1n) is 3.99. The third-order valence-corrected chi connectivity index (χ3v) is 1.71. The van der Waals surface area contributed by atoms with Crippen molar-refractivity contribution in [2.24, 2.45) is 0 Å². The van der Waals surface area contributed by atoms with E-state index in [0.29, 0.717) is 12.4 Å². The Labute approximate surface area is 93.2 Å². The molecule has 10 nitrogen and oxygen atoms in total. The highest BCUT2D eigenvalue weighted by atomic mass is 17.2. The van der Waals surface area contributed by atoms with Crippen LogP contribution in [0.2, 0.25) is 0 Å². The zero-order chi connectivity index (χ0) is 13.0. The third kappa shape index (κ3) is 2.56. The molecule has 0 unspecified atom stereocenters. The first kappa shape index (κ1) is 12.6. The molecule has 1 rings (SSSR count). The van der Waals surface area contributed by atoms with Crippen molar-refractivity contribution >= 4 is 0 Å². The molecule has 0 fully saturated rings. The van der Waals surface area contributed by atoms with E-state index in [2.05, 4.69) is 14.7 Å². The number of allylic oxidation sites excluding steroid dienone is 2. The van der Waals surface area contributed by atoms with Crippen LogP contribution >= 0.6 is 0 Å². The lowest BCUT2D eigenvalue weighted by atomic mass is 9.92. The Morgan fingerprint density at radius 1 is 1.12 bits per heavy atom. The summed E-state index contributed by atoms with van der Waals surface area (Å²) in [4.78, 5) is 31.4. The van der Waals surface area contributed by atoms with E-state index >= 15 is 0 Å². The van der Waals surface area contributed by atoms with Crippen molar-refractivity contribution < 1.29 is 29.8 Å². The maximum Gasteiger partial charge on any atom is 0.246 e. The highest BCUT2D eigenvalue weighted by molar-refractivity contribution is 5.63. The van der Waals surface area contributed by atoms with Gasteiger partial charge in [-0.25, -0.2) is 5.26 Å². The molecule has 0 bridgehead atoms. The van der Waals surface area contributed by atoms with Crippen molar-refractivity contribution in [2.75, 3.05) is 7.11 Å². The van der Waals surface area contributed by atoms with Gasteiger partial charge in [0.1, 0.15) is 11.1 Å². The van der Waals surface area contributed by atoms with Gasteiger partial charge in [0, 0.05) is 0 Å². The molecule has 17 heavy (non-hydrogen) atoms. The molecule has 92 valence electrons. The molecule has 0 aromatic heterocycles. The van der Waals surface area contributed by atoms with E-state index in [1.807, 2.05) is 0 Å². The molecular formula is C7H6N2O8. The molecule has 0 aliphatic heterocycles. The van der Waals surface area contributed by atoms with E-state index < -0.39 is 15.6 Å². The van der Waals surface area contributed by atoms with Crippen LogP contribution in [0.25, 0.3) is 0 Å². The van der Waals surface area contributed by atoms with E-state index in [4.69, 9.17) is 5.26 Å². The molecule has 0 radical (unpaired) electrons. The van der Waals surface area contributed by atoms with Gasteiger partial charge < -0.3 is 9.78 Å². The Balaban J connectivity index is 3.21. The number of rotatable bonds is 5. The van der Waals surface area contributed by atoms with Crippen LogP contribution in [-0.2, 0) is 14.7 Å². The van der Waals surface area contributed by atoms with Crippen LogP contribution in [0.3, 0.4) is 0 Å². The maximum atomic E-state index is 10.3. The molecule has 0 aromatic rings. The summed E-state index contributed by atoms with van der Waals surface area (Å²) in [5, 5.41) is 29.0. The highest BCUT2D eigenvalue weighted by Crippen LogP contribution is 2.40. The molecule has 0 aromatic carbocycles. The quantitative estimate of drug-likeness (QED) is 0.423. The molecule has 1 aliphatic rings. The normalized spacial score (nSPS) is 19.2. The van der Waals surface area contributed by atoms with Crippen molar-refractivity contribution in [2.45, 2.75) is 0 Å². The summed E-state index contributed by atoms with van der Waals surface area (Å²) in [6.07, 6.45) is 0.898. The molecule has 0 atom stereocenters. The fraction of sp³-hybridized carbons (Fsp3) is 0.143. The predicted molar refractivity (Wildman–Crippen MR) is 49.0 cm³/mol. The molecule has 1 N–H and O–H groups in total. The fourth-order valence-corrected chi connectivity index (χ4v) is 1.15. The molecule has 0 spiro atoms. The SMILES string of the molecule is COOC1=C(OO)C(=C/[N+](=O)[O-])/C1=C/[N+](=O)[O-]. The fourth-order valence-electron chi connectivity index (χ4n) is 1.15. The molecule has 0 saturated heterocycles. The zero-order valence-corrected chi connectivity index (χ0v) is 8.35. The second-order valence-electron chi connectivity index (χ2n) is 2.66. The van der Waals surface area contributed by atoms with Gasteiger partial charge in [-0.1, -0.05) is 0 Å². The van der Waals surface area contributed by atoms with E-state index in [9.17, 15) is 20.2 Å². The van der Waals surface area contributed by atoms with Gasteiger partial charge in [-0.3, -0.25) is 20.2 Å². The lowest BCUT2D eigenvalue weighted by Gasteiger charge is -2.21. The van der Waals surface area contributed by atoms with Crippen LogP contribution in [0, 0.1) is 20.2 Å². The first-order valence-corrected chi connectivity index (χ1v) is 3.99. The summed E-state index contributed by atoms with van der Waals surface area (Å²) in [5.41, 5.74) is -0.501. The van der Waals surface area contributed by atoms with Crippen LogP contribution in [0.4, 0.5) is 0 Å². The van der Waals surface area contributed by atoms with Gasteiger partial charge in [0.2, 0.25) is 23.9 Å². The van der Waals surface area contributed by atoms with Crippen LogP contribution in [0.1, 0.15) is 0 Å². The maximum absolute atomic E-state index is 10.3. The molecular weight excluding hydrogens is 240 g/mol. The first-order chi connectivity index (χ1) is 8.01. The smallest absolute Gasteiger partial charge is 0.246 e. The van der Waals surface area contributed by atoms with Crippen LogP contribution in [0.5, 0.6) is 0 Å². The summed E-state index contributed by atoms with van der Waals surface area (Å²) in [6, 6.07) is 0. The van der Waals surface area contributed by atoms with Gasteiger partial charge in [0.15, 0.2) is 0 Å². The molecule has 10 heteroatoms. The largest absolute Gasteiger partial charge is 0.335 e. The zero-order valence-electron chi connectivity index (χ0n) is 8.35. The Kier molecular flexibility index (Phi) is 3.74. The number of nitro groups is 2.